The van der Waals surface area contributed by atoms with E-state index in [1.54, 1.807) is 7.11 Å². The van der Waals surface area contributed by atoms with Gasteiger partial charge >= 0.3 is 5.97 Å². The van der Waals surface area contributed by atoms with E-state index in [1.807, 2.05) is 36.1 Å². The number of hydrogen-bond acceptors (Lipinski definition) is 9. The molecule has 10 nitrogen and oxygen atoms in total. The maximum Gasteiger partial charge on any atom is 0.308 e. The summed E-state index contributed by atoms with van der Waals surface area (Å²) in [5.74, 6) is 0.183. The van der Waals surface area contributed by atoms with Crippen molar-refractivity contribution in [1.82, 2.24) is 4.90 Å². The normalized spacial score (nSPS) is 38.8. The van der Waals surface area contributed by atoms with Gasteiger partial charge in [-0.2, -0.15) is 0 Å². The number of benzene rings is 1. The number of piperazine rings is 1. The number of nitrogens with zero attached hydrogens (tertiary/aromatic N) is 2. The minimum Gasteiger partial charge on any atom is -0.497 e. The van der Waals surface area contributed by atoms with E-state index in [-0.39, 0.29) is 36.5 Å². The standard InChI is InChI=1S/C30H42N2O8/c1-19-5-10-24-20(2)27(37-28-30(24)23(19)13-14-29(3,38-28)39-40-30)36-26(34)12-11-25(33)32-17-15-31(16-18-32)21-6-8-22(35-4)9-7-21/h6-9,19-20,23-24,27-28H,5,10-18H2,1-4H3/t19-,20-,23+,24+,27-,28-,29-,30-/m1/s1. The predicted molar refractivity (Wildman–Crippen MR) is 144 cm³/mol. The molecular weight excluding hydrogens is 516 g/mol. The van der Waals surface area contributed by atoms with Crippen molar-refractivity contribution in [1.29, 1.82) is 0 Å². The number of amides is 1. The van der Waals surface area contributed by atoms with E-state index in [0.717, 1.165) is 50.2 Å². The van der Waals surface area contributed by atoms with Crippen molar-refractivity contribution in [3.63, 3.8) is 0 Å². The number of ether oxygens (including phenoxy) is 4. The Hall–Kier alpha value is -2.40. The number of rotatable bonds is 6. The first-order valence-corrected chi connectivity index (χ1v) is 14.8. The molecule has 5 aliphatic heterocycles. The Labute approximate surface area is 236 Å². The fourth-order valence-corrected chi connectivity index (χ4v) is 7.57. The highest BCUT2D eigenvalue weighted by atomic mass is 17.3. The average molecular weight is 559 g/mol. The van der Waals surface area contributed by atoms with Crippen molar-refractivity contribution in [2.24, 2.45) is 23.7 Å². The molecule has 6 aliphatic rings. The van der Waals surface area contributed by atoms with Crippen LogP contribution in [0.1, 0.15) is 59.3 Å². The molecule has 1 amide bonds. The monoisotopic (exact) mass is 558 g/mol. The minimum atomic E-state index is -0.878. The van der Waals surface area contributed by atoms with Gasteiger partial charge in [0.05, 0.1) is 13.5 Å². The summed E-state index contributed by atoms with van der Waals surface area (Å²) in [4.78, 5) is 41.9. The van der Waals surface area contributed by atoms with Crippen molar-refractivity contribution in [3.05, 3.63) is 24.3 Å². The van der Waals surface area contributed by atoms with Gasteiger partial charge in [0.2, 0.25) is 18.0 Å². The Morgan fingerprint density at radius 2 is 1.73 bits per heavy atom. The lowest BCUT2D eigenvalue weighted by molar-refractivity contribution is -0.576. The van der Waals surface area contributed by atoms with Crippen LogP contribution in [0.5, 0.6) is 5.75 Å². The number of fused-ring (bicyclic) bond motifs is 2. The molecule has 10 heteroatoms. The molecule has 40 heavy (non-hydrogen) atoms. The van der Waals surface area contributed by atoms with Crippen LogP contribution in [0.3, 0.4) is 0 Å². The molecule has 0 radical (unpaired) electrons. The number of methoxy groups -OCH3 is 1. The maximum atomic E-state index is 12.9. The Morgan fingerprint density at radius 3 is 2.45 bits per heavy atom. The Kier molecular flexibility index (Phi) is 7.48. The molecule has 1 saturated carbocycles. The zero-order chi connectivity index (χ0) is 28.1. The summed E-state index contributed by atoms with van der Waals surface area (Å²) >= 11 is 0. The highest BCUT2D eigenvalue weighted by Crippen LogP contribution is 2.60. The third-order valence-corrected chi connectivity index (χ3v) is 9.96. The zero-order valence-corrected chi connectivity index (χ0v) is 24.0. The summed E-state index contributed by atoms with van der Waals surface area (Å²) in [5.41, 5.74) is 0.412. The Bertz CT molecular complexity index is 1090. The highest BCUT2D eigenvalue weighted by Gasteiger charge is 2.69. The number of esters is 1. The molecule has 1 spiro atoms. The van der Waals surface area contributed by atoms with Gasteiger partial charge in [0.15, 0.2) is 11.9 Å². The third kappa shape index (κ3) is 4.86. The van der Waals surface area contributed by atoms with Crippen molar-refractivity contribution in [2.45, 2.75) is 83.3 Å². The summed E-state index contributed by atoms with van der Waals surface area (Å²) in [7, 11) is 1.65. The molecule has 5 saturated heterocycles. The van der Waals surface area contributed by atoms with Crippen LogP contribution in [0, 0.1) is 23.7 Å². The van der Waals surface area contributed by atoms with Crippen molar-refractivity contribution in [2.75, 3.05) is 38.2 Å². The van der Waals surface area contributed by atoms with E-state index in [1.165, 1.54) is 0 Å². The van der Waals surface area contributed by atoms with Crippen LogP contribution < -0.4 is 9.64 Å². The van der Waals surface area contributed by atoms with Gasteiger partial charge in [-0.15, -0.1) is 0 Å². The lowest BCUT2D eigenvalue weighted by Gasteiger charge is -2.59. The second-order valence-electron chi connectivity index (χ2n) is 12.3. The van der Waals surface area contributed by atoms with Crippen molar-refractivity contribution < 1.29 is 38.3 Å². The summed E-state index contributed by atoms with van der Waals surface area (Å²) in [6, 6.07) is 7.94. The highest BCUT2D eigenvalue weighted by molar-refractivity contribution is 5.81. The van der Waals surface area contributed by atoms with E-state index in [0.29, 0.717) is 19.0 Å². The van der Waals surface area contributed by atoms with Crippen LogP contribution in [0.25, 0.3) is 0 Å². The van der Waals surface area contributed by atoms with Crippen LogP contribution in [-0.4, -0.2) is 74.0 Å². The molecule has 1 aliphatic carbocycles. The quantitative estimate of drug-likeness (QED) is 0.381. The molecule has 0 aromatic heterocycles. The van der Waals surface area contributed by atoms with Crippen LogP contribution in [-0.2, 0) is 33.6 Å². The van der Waals surface area contributed by atoms with Crippen molar-refractivity contribution >= 4 is 17.6 Å². The Balaban J connectivity index is 1.02. The number of hydrogen-bond donors (Lipinski definition) is 0. The van der Waals surface area contributed by atoms with E-state index < -0.39 is 29.9 Å². The molecule has 0 unspecified atom stereocenters. The second-order valence-corrected chi connectivity index (χ2v) is 12.3. The van der Waals surface area contributed by atoms with Crippen LogP contribution in [0.15, 0.2) is 24.3 Å². The minimum absolute atomic E-state index is 0.0163. The first-order chi connectivity index (χ1) is 19.2. The van der Waals surface area contributed by atoms with Crippen LogP contribution in [0.2, 0.25) is 0 Å². The molecule has 6 fully saturated rings. The number of anilines is 1. The zero-order valence-electron chi connectivity index (χ0n) is 24.0. The summed E-state index contributed by atoms with van der Waals surface area (Å²) in [5, 5.41) is 0. The van der Waals surface area contributed by atoms with E-state index in [4.69, 9.17) is 28.7 Å². The molecule has 220 valence electrons. The number of carbonyl (C=O) groups excluding carboxylic acids is 2. The maximum absolute atomic E-state index is 12.9. The first-order valence-electron chi connectivity index (χ1n) is 14.8. The average Bonchev–Trinajstić information content (AvgIpc) is 3.20. The summed E-state index contributed by atoms with van der Waals surface area (Å²) < 4.78 is 23.8. The van der Waals surface area contributed by atoms with Crippen LogP contribution in [0.4, 0.5) is 5.69 Å². The fourth-order valence-electron chi connectivity index (χ4n) is 7.57. The van der Waals surface area contributed by atoms with Gasteiger partial charge in [-0.05, 0) is 62.3 Å². The largest absolute Gasteiger partial charge is 0.497 e. The van der Waals surface area contributed by atoms with E-state index in [9.17, 15) is 9.59 Å². The van der Waals surface area contributed by atoms with Gasteiger partial charge in [-0.25, -0.2) is 9.78 Å². The molecule has 1 aromatic rings. The third-order valence-electron chi connectivity index (χ3n) is 9.96. The van der Waals surface area contributed by atoms with Crippen LogP contribution >= 0.6 is 0 Å². The van der Waals surface area contributed by atoms with Gasteiger partial charge in [-0.1, -0.05) is 13.8 Å². The van der Waals surface area contributed by atoms with E-state index >= 15 is 0 Å². The lowest BCUT2D eigenvalue weighted by atomic mass is 9.58. The lowest BCUT2D eigenvalue weighted by Crippen LogP contribution is -2.70. The van der Waals surface area contributed by atoms with Gasteiger partial charge in [0.1, 0.15) is 5.75 Å². The van der Waals surface area contributed by atoms with Gasteiger partial charge < -0.3 is 28.7 Å². The first kappa shape index (κ1) is 27.8. The molecule has 8 atom stereocenters. The van der Waals surface area contributed by atoms with Gasteiger partial charge in [0.25, 0.3) is 0 Å². The molecule has 1 aromatic carbocycles. The topological polar surface area (TPSA) is 96.0 Å². The predicted octanol–water partition coefficient (Wildman–Crippen LogP) is 3.88. The van der Waals surface area contributed by atoms with E-state index in [2.05, 4.69) is 18.7 Å². The Morgan fingerprint density at radius 1 is 0.975 bits per heavy atom. The van der Waals surface area contributed by atoms with Gasteiger partial charge in [0, 0.05) is 56.5 Å². The smallest absolute Gasteiger partial charge is 0.308 e. The molecule has 0 N–H and O–H groups in total. The van der Waals surface area contributed by atoms with Crippen molar-refractivity contribution in [3.8, 4) is 5.75 Å². The number of carbonyl (C=O) groups is 2. The SMILES string of the molecule is COc1ccc(N2CCN(C(=O)CCC(=O)O[C@@H]3O[C@@H]4O[C@@]5(C)CC[C@H]6[C@H](C)CC[C@@H]([C@H]3C)[C@@]46OO5)CC2)cc1. The molecule has 5 heterocycles. The molecular formula is C30H42N2O8. The molecule has 7 rings (SSSR count). The second kappa shape index (κ2) is 10.8. The fraction of sp³-hybridized carbons (Fsp3) is 0.733. The molecule has 2 bridgehead atoms. The van der Waals surface area contributed by atoms with Gasteiger partial charge in [-0.3, -0.25) is 9.59 Å². The summed E-state index contributed by atoms with van der Waals surface area (Å²) in [6.07, 6.45) is 2.40. The summed E-state index contributed by atoms with van der Waals surface area (Å²) in [6.45, 7) is 8.91.